The summed E-state index contributed by atoms with van der Waals surface area (Å²) in [5.41, 5.74) is 0.209. The van der Waals surface area contributed by atoms with Crippen molar-refractivity contribution in [1.29, 1.82) is 0 Å². The van der Waals surface area contributed by atoms with Crippen LogP contribution in [0.25, 0.3) is 0 Å². The molecule has 0 spiro atoms. The fourth-order valence-corrected chi connectivity index (χ4v) is 1.89. The normalized spacial score (nSPS) is 14.1. The second-order valence-electron chi connectivity index (χ2n) is 4.79. The van der Waals surface area contributed by atoms with E-state index in [1.165, 1.54) is 0 Å². The number of hydrogen-bond acceptors (Lipinski definition) is 2. The van der Waals surface area contributed by atoms with E-state index in [1.54, 1.807) is 24.3 Å². The lowest BCUT2D eigenvalue weighted by Crippen LogP contribution is -2.05. The van der Waals surface area contributed by atoms with Crippen molar-refractivity contribution in [3.8, 4) is 5.75 Å². The first-order valence-corrected chi connectivity index (χ1v) is 6.40. The number of hydrogen-bond donors (Lipinski definition) is 0. The minimum Gasteiger partial charge on any atom is -0.490 e. The molecule has 0 radical (unpaired) electrons. The molecule has 1 aliphatic rings. The third-order valence-electron chi connectivity index (χ3n) is 3.12. The van der Waals surface area contributed by atoms with Crippen molar-refractivity contribution in [3.63, 3.8) is 0 Å². The summed E-state index contributed by atoms with van der Waals surface area (Å²) in [6, 6.07) is 9.48. The molecule has 0 N–H and O–H groups in total. The van der Waals surface area contributed by atoms with Gasteiger partial charge in [-0.15, -0.1) is 0 Å². The van der Waals surface area contributed by atoms with Crippen LogP contribution < -0.4 is 4.74 Å². The minimum absolute atomic E-state index is 0.137. The number of benzene rings is 2. The monoisotopic (exact) mass is 274 g/mol. The van der Waals surface area contributed by atoms with Crippen molar-refractivity contribution in [2.75, 3.05) is 0 Å². The smallest absolute Gasteiger partial charge is 0.195 e. The Morgan fingerprint density at radius 1 is 1.05 bits per heavy atom. The minimum atomic E-state index is -0.853. The summed E-state index contributed by atoms with van der Waals surface area (Å²) in [5.74, 6) is -1.33. The molecule has 0 atom stereocenters. The number of halogens is 2. The maximum atomic E-state index is 13.6. The van der Waals surface area contributed by atoms with E-state index >= 15 is 0 Å². The van der Waals surface area contributed by atoms with Gasteiger partial charge >= 0.3 is 0 Å². The van der Waals surface area contributed by atoms with E-state index in [2.05, 4.69) is 0 Å². The number of ketones is 1. The van der Waals surface area contributed by atoms with Crippen molar-refractivity contribution in [3.05, 3.63) is 65.2 Å². The molecule has 0 unspecified atom stereocenters. The van der Waals surface area contributed by atoms with Crippen LogP contribution in [0.4, 0.5) is 8.78 Å². The van der Waals surface area contributed by atoms with Crippen molar-refractivity contribution in [2.45, 2.75) is 18.9 Å². The Morgan fingerprint density at radius 2 is 1.75 bits per heavy atom. The summed E-state index contributed by atoms with van der Waals surface area (Å²) < 4.78 is 32.0. The van der Waals surface area contributed by atoms with E-state index in [-0.39, 0.29) is 11.7 Å². The first-order valence-electron chi connectivity index (χ1n) is 6.40. The van der Waals surface area contributed by atoms with Gasteiger partial charge in [-0.2, -0.15) is 0 Å². The fraction of sp³-hybridized carbons (Fsp3) is 0.188. The summed E-state index contributed by atoms with van der Waals surface area (Å²) >= 11 is 0. The molecule has 0 saturated heterocycles. The van der Waals surface area contributed by atoms with Gasteiger partial charge in [0, 0.05) is 11.6 Å². The molecule has 4 heteroatoms. The van der Waals surface area contributed by atoms with E-state index < -0.39 is 17.4 Å². The van der Waals surface area contributed by atoms with Crippen LogP contribution in [0.1, 0.15) is 28.8 Å². The lowest BCUT2D eigenvalue weighted by atomic mass is 10.0. The lowest BCUT2D eigenvalue weighted by molar-refractivity contribution is 0.103. The van der Waals surface area contributed by atoms with Gasteiger partial charge in [-0.25, -0.2) is 8.78 Å². The predicted octanol–water partition coefficient (Wildman–Crippen LogP) is 3.74. The molecule has 0 amide bonds. The van der Waals surface area contributed by atoms with Crippen molar-refractivity contribution in [2.24, 2.45) is 0 Å². The van der Waals surface area contributed by atoms with Crippen LogP contribution in [-0.4, -0.2) is 11.9 Å². The van der Waals surface area contributed by atoms with Gasteiger partial charge in [-0.05, 0) is 49.2 Å². The van der Waals surface area contributed by atoms with E-state index in [1.807, 2.05) is 0 Å². The molecule has 1 aliphatic carbocycles. The van der Waals surface area contributed by atoms with Gasteiger partial charge in [0.05, 0.1) is 11.7 Å². The summed E-state index contributed by atoms with van der Waals surface area (Å²) in [6.45, 7) is 0. The van der Waals surface area contributed by atoms with Gasteiger partial charge in [0.25, 0.3) is 0 Å². The summed E-state index contributed by atoms with van der Waals surface area (Å²) in [7, 11) is 0. The number of ether oxygens (including phenoxy) is 1. The summed E-state index contributed by atoms with van der Waals surface area (Å²) in [6.07, 6.45) is 2.40. The van der Waals surface area contributed by atoms with Crippen LogP contribution in [0.15, 0.2) is 42.5 Å². The molecule has 2 aromatic carbocycles. The molecule has 2 nitrogen and oxygen atoms in total. The van der Waals surface area contributed by atoms with Crippen LogP contribution in [0, 0.1) is 11.6 Å². The maximum absolute atomic E-state index is 13.6. The van der Waals surface area contributed by atoms with E-state index in [9.17, 15) is 13.6 Å². The number of carbonyl (C=O) groups is 1. The summed E-state index contributed by atoms with van der Waals surface area (Å²) in [5, 5.41) is 0. The van der Waals surface area contributed by atoms with Crippen LogP contribution >= 0.6 is 0 Å². The van der Waals surface area contributed by atoms with Crippen molar-refractivity contribution in [1.82, 2.24) is 0 Å². The van der Waals surface area contributed by atoms with Crippen LogP contribution in [-0.2, 0) is 0 Å². The van der Waals surface area contributed by atoms with Gasteiger partial charge in [-0.1, -0.05) is 0 Å². The van der Waals surface area contributed by atoms with Crippen LogP contribution in [0.5, 0.6) is 5.75 Å². The largest absolute Gasteiger partial charge is 0.490 e. The zero-order valence-electron chi connectivity index (χ0n) is 10.6. The van der Waals surface area contributed by atoms with Crippen LogP contribution in [0.2, 0.25) is 0 Å². The highest BCUT2D eigenvalue weighted by Crippen LogP contribution is 2.27. The Labute approximate surface area is 115 Å². The third-order valence-corrected chi connectivity index (χ3v) is 3.12. The quantitative estimate of drug-likeness (QED) is 0.794. The topological polar surface area (TPSA) is 26.3 Å². The van der Waals surface area contributed by atoms with Gasteiger partial charge in [0.2, 0.25) is 0 Å². The molecule has 1 saturated carbocycles. The highest BCUT2D eigenvalue weighted by atomic mass is 19.1. The second-order valence-corrected chi connectivity index (χ2v) is 4.79. The first kappa shape index (κ1) is 12.8. The average molecular weight is 274 g/mol. The Bertz CT molecular complexity index is 646. The SMILES string of the molecule is O=C(c1ccc(OC2CC2)cc1)c1ccc(F)cc1F. The molecular formula is C16H12F2O2. The molecule has 0 aromatic heterocycles. The van der Waals surface area contributed by atoms with Gasteiger partial charge in [-0.3, -0.25) is 4.79 Å². The highest BCUT2D eigenvalue weighted by molar-refractivity contribution is 6.09. The maximum Gasteiger partial charge on any atom is 0.195 e. The van der Waals surface area contributed by atoms with Crippen LogP contribution in [0.3, 0.4) is 0 Å². The van der Waals surface area contributed by atoms with Crippen molar-refractivity contribution >= 4 is 5.78 Å². The molecule has 20 heavy (non-hydrogen) atoms. The summed E-state index contributed by atoms with van der Waals surface area (Å²) in [4.78, 5) is 12.1. The average Bonchev–Trinajstić information content (AvgIpc) is 3.23. The Kier molecular flexibility index (Phi) is 3.22. The zero-order valence-corrected chi connectivity index (χ0v) is 10.6. The molecule has 3 rings (SSSR count). The van der Waals surface area contributed by atoms with Gasteiger partial charge < -0.3 is 4.74 Å². The molecule has 2 aromatic rings. The Morgan fingerprint density at radius 3 is 2.35 bits per heavy atom. The Balaban J connectivity index is 1.82. The molecular weight excluding hydrogens is 262 g/mol. The zero-order chi connectivity index (χ0) is 14.1. The second kappa shape index (κ2) is 5.04. The van der Waals surface area contributed by atoms with Gasteiger partial charge in [0.1, 0.15) is 17.4 Å². The first-order chi connectivity index (χ1) is 9.63. The molecule has 1 fully saturated rings. The molecule has 0 heterocycles. The fourth-order valence-electron chi connectivity index (χ4n) is 1.89. The Hall–Kier alpha value is -2.23. The van der Waals surface area contributed by atoms with Crippen molar-refractivity contribution < 1.29 is 18.3 Å². The molecule has 0 aliphatic heterocycles. The standard InChI is InChI=1S/C16H12F2O2/c17-11-3-8-14(15(18)9-11)16(19)10-1-4-12(5-2-10)20-13-6-7-13/h1-5,8-9,13H,6-7H2. The third kappa shape index (κ3) is 2.69. The lowest BCUT2D eigenvalue weighted by Gasteiger charge is -2.06. The van der Waals surface area contributed by atoms with E-state index in [4.69, 9.17) is 4.74 Å². The highest BCUT2D eigenvalue weighted by Gasteiger charge is 2.23. The van der Waals surface area contributed by atoms with Gasteiger partial charge in [0.15, 0.2) is 5.78 Å². The number of carbonyl (C=O) groups excluding carboxylic acids is 1. The number of rotatable bonds is 4. The molecule has 102 valence electrons. The van der Waals surface area contributed by atoms with E-state index in [0.717, 1.165) is 25.0 Å². The molecule has 0 bridgehead atoms. The predicted molar refractivity (Wildman–Crippen MR) is 69.9 cm³/mol. The van der Waals surface area contributed by atoms with E-state index in [0.29, 0.717) is 17.4 Å².